The van der Waals surface area contributed by atoms with Crippen molar-refractivity contribution in [2.24, 2.45) is 52.8 Å². The van der Waals surface area contributed by atoms with Gasteiger partial charge in [0.2, 0.25) is 0 Å². The fourth-order valence-corrected chi connectivity index (χ4v) is 11.5. The smallest absolute Gasteiger partial charge is 0.00795 e. The largest absolute Gasteiger partial charge is 0.112 e. The zero-order valence-corrected chi connectivity index (χ0v) is 28.4. The summed E-state index contributed by atoms with van der Waals surface area (Å²) < 4.78 is 0. The van der Waals surface area contributed by atoms with Gasteiger partial charge in [-0.2, -0.15) is 0 Å². The predicted octanol–water partition coefficient (Wildman–Crippen LogP) is 12.2. The number of unbranched alkanes of at least 4 members (excludes halogenated alkanes) is 4. The van der Waals surface area contributed by atoms with Crippen LogP contribution in [0.3, 0.4) is 0 Å². The first-order chi connectivity index (χ1) is 17.4. The molecule has 0 spiro atoms. The maximum Gasteiger partial charge on any atom is -0.00795 e. The van der Waals surface area contributed by atoms with E-state index in [1.807, 2.05) is 0 Å². The van der Waals surface area contributed by atoms with Crippen LogP contribution in [-0.2, 0) is 0 Å². The molecule has 0 aromatic heterocycles. The van der Waals surface area contributed by atoms with Crippen LogP contribution in [0.2, 0.25) is 0 Å². The maximum atomic E-state index is 4.69. The SMILES string of the molecule is C=C(CCCCC)CC1C2C(C(CC(C)C)C(C)(C(C)CC(C)CC)C1C)C2(C)PC(C)CCCCC. The van der Waals surface area contributed by atoms with Crippen LogP contribution in [0.5, 0.6) is 0 Å². The molecular formula is C36H69P. The summed E-state index contributed by atoms with van der Waals surface area (Å²) >= 11 is 0. The van der Waals surface area contributed by atoms with Crippen molar-refractivity contribution in [3.63, 3.8) is 0 Å². The molecule has 0 amide bonds. The lowest BCUT2D eigenvalue weighted by Crippen LogP contribution is -2.48. The van der Waals surface area contributed by atoms with Crippen LogP contribution in [0.25, 0.3) is 0 Å². The lowest BCUT2D eigenvalue weighted by Gasteiger charge is -2.54. The van der Waals surface area contributed by atoms with E-state index >= 15 is 0 Å². The van der Waals surface area contributed by atoms with Gasteiger partial charge in [0.25, 0.3) is 0 Å². The molecule has 0 radical (unpaired) electrons. The fourth-order valence-electron chi connectivity index (χ4n) is 9.06. The molecule has 2 saturated carbocycles. The van der Waals surface area contributed by atoms with Gasteiger partial charge in [-0.15, -0.1) is 8.58 Å². The minimum atomic E-state index is 0.441. The van der Waals surface area contributed by atoms with Gasteiger partial charge in [-0.3, -0.25) is 0 Å². The van der Waals surface area contributed by atoms with Crippen molar-refractivity contribution in [3.05, 3.63) is 12.2 Å². The average Bonchev–Trinajstić information content (AvgIpc) is 3.42. The molecule has 218 valence electrons. The molecule has 0 bridgehead atoms. The highest BCUT2D eigenvalue weighted by Gasteiger charge is 2.73. The van der Waals surface area contributed by atoms with Gasteiger partial charge in [0.15, 0.2) is 0 Å². The van der Waals surface area contributed by atoms with Crippen LogP contribution in [0, 0.1) is 52.8 Å². The summed E-state index contributed by atoms with van der Waals surface area (Å²) in [5.41, 5.74) is 2.91. The number of hydrogen-bond donors (Lipinski definition) is 0. The topological polar surface area (TPSA) is 0 Å². The van der Waals surface area contributed by atoms with Crippen molar-refractivity contribution in [2.45, 2.75) is 164 Å². The second-order valence-corrected chi connectivity index (χ2v) is 17.3. The predicted molar refractivity (Wildman–Crippen MR) is 172 cm³/mol. The highest BCUT2D eigenvalue weighted by atomic mass is 31.1. The third-order valence-electron chi connectivity index (χ3n) is 11.7. The van der Waals surface area contributed by atoms with Gasteiger partial charge in [-0.05, 0) is 102 Å². The number of rotatable bonds is 18. The summed E-state index contributed by atoms with van der Waals surface area (Å²) in [7, 11) is 1.14. The maximum absolute atomic E-state index is 4.69. The van der Waals surface area contributed by atoms with E-state index < -0.39 is 0 Å². The Morgan fingerprint density at radius 2 is 1.51 bits per heavy atom. The van der Waals surface area contributed by atoms with E-state index in [1.165, 1.54) is 77.0 Å². The summed E-state index contributed by atoms with van der Waals surface area (Å²) in [5, 5.41) is 0.571. The molecule has 2 rings (SSSR count). The zero-order valence-electron chi connectivity index (χ0n) is 27.4. The third-order valence-corrected chi connectivity index (χ3v) is 13.7. The molecule has 2 fully saturated rings. The van der Waals surface area contributed by atoms with Gasteiger partial charge in [0.1, 0.15) is 0 Å². The molecular weight excluding hydrogens is 463 g/mol. The Labute approximate surface area is 237 Å². The monoisotopic (exact) mass is 533 g/mol. The second-order valence-electron chi connectivity index (χ2n) is 15.0. The standard InChI is InChI=1S/C36H69P/c1-13-16-18-20-27(7)24-31-30(10)35(11,28(8)23-26(6)15-3)32(22-25(4)5)34-33(31)36(34,12)37-29(9)21-19-17-14-2/h25-26,28-34,37H,7,13-24H2,1-6,8-12H3. The molecule has 11 atom stereocenters. The van der Waals surface area contributed by atoms with E-state index in [1.54, 1.807) is 5.57 Å². The highest BCUT2D eigenvalue weighted by Crippen LogP contribution is 2.78. The Morgan fingerprint density at radius 3 is 2.08 bits per heavy atom. The number of hydrogen-bond acceptors (Lipinski definition) is 0. The average molecular weight is 533 g/mol. The van der Waals surface area contributed by atoms with Crippen LogP contribution < -0.4 is 0 Å². The fraction of sp³-hybridized carbons (Fsp3) is 0.944. The summed E-state index contributed by atoms with van der Waals surface area (Å²) in [5.74, 6) is 6.83. The van der Waals surface area contributed by atoms with E-state index in [9.17, 15) is 0 Å². The molecule has 0 aromatic carbocycles. The first-order valence-electron chi connectivity index (χ1n) is 16.8. The number of allylic oxidation sites excluding steroid dienone is 1. The molecule has 0 aliphatic heterocycles. The van der Waals surface area contributed by atoms with Gasteiger partial charge in [0, 0.05) is 0 Å². The van der Waals surface area contributed by atoms with E-state index in [2.05, 4.69) is 76.2 Å². The Morgan fingerprint density at radius 1 is 0.892 bits per heavy atom. The summed E-state index contributed by atoms with van der Waals surface area (Å²) in [6, 6.07) is 0. The Hall–Kier alpha value is 0.170. The minimum absolute atomic E-state index is 0.441. The van der Waals surface area contributed by atoms with Crippen molar-refractivity contribution >= 4 is 8.58 Å². The van der Waals surface area contributed by atoms with Crippen LogP contribution in [-0.4, -0.2) is 10.8 Å². The zero-order chi connectivity index (χ0) is 28.0. The normalized spacial score (nSPS) is 36.1. The van der Waals surface area contributed by atoms with Crippen LogP contribution in [0.4, 0.5) is 0 Å². The van der Waals surface area contributed by atoms with Gasteiger partial charge < -0.3 is 0 Å². The van der Waals surface area contributed by atoms with Crippen LogP contribution in [0.1, 0.15) is 153 Å². The lowest BCUT2D eigenvalue weighted by atomic mass is 9.50. The van der Waals surface area contributed by atoms with Crippen molar-refractivity contribution in [1.82, 2.24) is 0 Å². The van der Waals surface area contributed by atoms with Crippen LogP contribution >= 0.6 is 8.58 Å². The molecule has 2 aliphatic carbocycles. The van der Waals surface area contributed by atoms with Gasteiger partial charge in [0.05, 0.1) is 0 Å². The van der Waals surface area contributed by atoms with E-state index in [0.29, 0.717) is 10.6 Å². The van der Waals surface area contributed by atoms with Crippen molar-refractivity contribution in [3.8, 4) is 0 Å². The third kappa shape index (κ3) is 7.89. The van der Waals surface area contributed by atoms with Crippen LogP contribution in [0.15, 0.2) is 12.2 Å². The number of fused-ring (bicyclic) bond motifs is 1. The summed E-state index contributed by atoms with van der Waals surface area (Å²) in [6.07, 6.45) is 16.4. The van der Waals surface area contributed by atoms with Gasteiger partial charge in [-0.25, -0.2) is 0 Å². The van der Waals surface area contributed by atoms with Gasteiger partial charge in [-0.1, -0.05) is 127 Å². The Kier molecular flexibility index (Phi) is 13.3. The second kappa shape index (κ2) is 14.7. The molecule has 0 aromatic rings. The lowest BCUT2D eigenvalue weighted by molar-refractivity contribution is -0.0600. The Balaban J connectivity index is 2.42. The molecule has 0 N–H and O–H groups in total. The highest BCUT2D eigenvalue weighted by molar-refractivity contribution is 7.41. The first kappa shape index (κ1) is 33.4. The van der Waals surface area contributed by atoms with Gasteiger partial charge >= 0.3 is 0 Å². The molecule has 11 unspecified atom stereocenters. The van der Waals surface area contributed by atoms with E-state index in [-0.39, 0.29) is 0 Å². The van der Waals surface area contributed by atoms with Crippen molar-refractivity contribution < 1.29 is 0 Å². The summed E-state index contributed by atoms with van der Waals surface area (Å²) in [6.45, 7) is 32.7. The quantitative estimate of drug-likeness (QED) is 0.0935. The molecule has 0 nitrogen and oxygen atoms in total. The van der Waals surface area contributed by atoms with E-state index in [4.69, 9.17) is 6.58 Å². The summed E-state index contributed by atoms with van der Waals surface area (Å²) in [4.78, 5) is 0. The molecule has 2 aliphatic rings. The first-order valence-corrected chi connectivity index (χ1v) is 17.9. The molecule has 0 heterocycles. The van der Waals surface area contributed by atoms with Crippen molar-refractivity contribution in [1.29, 1.82) is 0 Å². The van der Waals surface area contributed by atoms with Crippen molar-refractivity contribution in [2.75, 3.05) is 0 Å². The Bertz CT molecular complexity index is 680. The minimum Gasteiger partial charge on any atom is -0.112 e. The molecule has 1 heteroatoms. The van der Waals surface area contributed by atoms with E-state index in [0.717, 1.165) is 61.6 Å². The molecule has 0 saturated heterocycles. The molecule has 37 heavy (non-hydrogen) atoms.